The second kappa shape index (κ2) is 4.12. The molecule has 0 aromatic carbocycles. The van der Waals surface area contributed by atoms with Gasteiger partial charge >= 0.3 is 0 Å². The van der Waals surface area contributed by atoms with Crippen molar-refractivity contribution >= 4 is 11.8 Å². The van der Waals surface area contributed by atoms with E-state index in [0.717, 1.165) is 25.9 Å². The van der Waals surface area contributed by atoms with Gasteiger partial charge in [0.25, 0.3) is 0 Å². The van der Waals surface area contributed by atoms with E-state index >= 15 is 0 Å². The van der Waals surface area contributed by atoms with Crippen LogP contribution in [0.1, 0.15) is 25.7 Å². The average molecular weight is 221 g/mol. The Morgan fingerprint density at radius 2 is 1.94 bits per heavy atom. The van der Waals surface area contributed by atoms with Crippen LogP contribution in [-0.4, -0.2) is 36.3 Å². The predicted molar refractivity (Wildman–Crippen MR) is 56.1 cm³/mol. The van der Waals surface area contributed by atoms with Crippen LogP contribution in [0.2, 0.25) is 0 Å². The highest BCUT2D eigenvalue weighted by molar-refractivity contribution is 5.91. The summed E-state index contributed by atoms with van der Waals surface area (Å²) in [5.41, 5.74) is -0.828. The number of nitrogens with zero attached hydrogens (tertiary/aromatic N) is 2. The molecule has 2 amide bonds. The molecule has 1 saturated carbocycles. The molecule has 2 fully saturated rings. The zero-order valence-corrected chi connectivity index (χ0v) is 9.16. The third-order valence-electron chi connectivity index (χ3n) is 3.26. The summed E-state index contributed by atoms with van der Waals surface area (Å²) in [5.74, 6) is -0.331. The van der Waals surface area contributed by atoms with E-state index in [0.29, 0.717) is 12.8 Å². The number of rotatable bonds is 3. The van der Waals surface area contributed by atoms with Gasteiger partial charge in [-0.15, -0.1) is 0 Å². The quantitative estimate of drug-likeness (QED) is 0.730. The molecule has 5 nitrogen and oxygen atoms in total. The fourth-order valence-corrected chi connectivity index (χ4v) is 1.92. The van der Waals surface area contributed by atoms with Gasteiger partial charge in [-0.3, -0.25) is 9.59 Å². The molecule has 1 aliphatic heterocycles. The van der Waals surface area contributed by atoms with E-state index in [1.54, 1.807) is 4.90 Å². The molecule has 0 atom stereocenters. The standard InChI is InChI=1S/C11H15N3O2/c12-8-11(3-4-11)10(16)13-7-9(15)14-5-1-2-6-14/h1-7H2,(H,13,16). The van der Waals surface area contributed by atoms with Crippen molar-refractivity contribution in [3.8, 4) is 6.07 Å². The molecule has 0 radical (unpaired) electrons. The van der Waals surface area contributed by atoms with Gasteiger partial charge in [0.2, 0.25) is 11.8 Å². The van der Waals surface area contributed by atoms with Gasteiger partial charge in [0.05, 0.1) is 12.6 Å². The maximum atomic E-state index is 11.6. The van der Waals surface area contributed by atoms with Crippen LogP contribution in [0.4, 0.5) is 0 Å². The molecule has 1 saturated heterocycles. The Kier molecular flexibility index (Phi) is 2.82. The smallest absolute Gasteiger partial charge is 0.241 e. The molecule has 2 aliphatic rings. The number of carbonyl (C=O) groups is 2. The van der Waals surface area contributed by atoms with Crippen molar-refractivity contribution in [1.82, 2.24) is 10.2 Å². The van der Waals surface area contributed by atoms with Gasteiger partial charge in [-0.1, -0.05) is 0 Å². The van der Waals surface area contributed by atoms with E-state index in [1.807, 2.05) is 6.07 Å². The van der Waals surface area contributed by atoms with Gasteiger partial charge in [-0.05, 0) is 25.7 Å². The Hall–Kier alpha value is -1.57. The first-order valence-corrected chi connectivity index (χ1v) is 5.65. The number of carbonyl (C=O) groups excluding carboxylic acids is 2. The largest absolute Gasteiger partial charge is 0.346 e. The number of hydrogen-bond acceptors (Lipinski definition) is 3. The van der Waals surface area contributed by atoms with Crippen molar-refractivity contribution in [2.45, 2.75) is 25.7 Å². The molecule has 0 bridgehead atoms. The monoisotopic (exact) mass is 221 g/mol. The minimum absolute atomic E-state index is 0.0300. The highest BCUT2D eigenvalue weighted by Crippen LogP contribution is 2.44. The number of nitriles is 1. The van der Waals surface area contributed by atoms with Crippen molar-refractivity contribution in [2.24, 2.45) is 5.41 Å². The molecule has 0 unspecified atom stereocenters. The van der Waals surface area contributed by atoms with Gasteiger partial charge < -0.3 is 10.2 Å². The highest BCUT2D eigenvalue weighted by Gasteiger charge is 2.50. The zero-order valence-electron chi connectivity index (χ0n) is 9.16. The SMILES string of the molecule is N#CC1(C(=O)NCC(=O)N2CCCC2)CC1. The van der Waals surface area contributed by atoms with E-state index in [2.05, 4.69) is 5.32 Å². The lowest BCUT2D eigenvalue weighted by Crippen LogP contribution is -2.41. The summed E-state index contributed by atoms with van der Waals surface area (Å²) in [4.78, 5) is 24.9. The van der Waals surface area contributed by atoms with E-state index in [9.17, 15) is 9.59 Å². The van der Waals surface area contributed by atoms with E-state index in [1.165, 1.54) is 0 Å². The van der Waals surface area contributed by atoms with Crippen molar-refractivity contribution in [1.29, 1.82) is 5.26 Å². The van der Waals surface area contributed by atoms with E-state index in [4.69, 9.17) is 5.26 Å². The molecule has 1 aliphatic carbocycles. The molecule has 86 valence electrons. The Labute approximate surface area is 94.4 Å². The summed E-state index contributed by atoms with van der Waals surface area (Å²) < 4.78 is 0. The van der Waals surface area contributed by atoms with Gasteiger partial charge in [0, 0.05) is 13.1 Å². The highest BCUT2D eigenvalue weighted by atomic mass is 16.2. The fourth-order valence-electron chi connectivity index (χ4n) is 1.92. The Morgan fingerprint density at radius 1 is 1.31 bits per heavy atom. The fraction of sp³-hybridized carbons (Fsp3) is 0.727. The summed E-state index contributed by atoms with van der Waals surface area (Å²) in [6.45, 7) is 1.61. The molecule has 2 rings (SSSR count). The van der Waals surface area contributed by atoms with Crippen LogP contribution in [0, 0.1) is 16.7 Å². The lowest BCUT2D eigenvalue weighted by atomic mass is 10.1. The van der Waals surface area contributed by atoms with E-state index in [-0.39, 0.29) is 18.4 Å². The molecule has 0 aromatic rings. The number of nitrogens with one attached hydrogen (secondary N) is 1. The van der Waals surface area contributed by atoms with Gasteiger partial charge in [0.15, 0.2) is 0 Å². The summed E-state index contributed by atoms with van der Waals surface area (Å²) in [5, 5.41) is 11.4. The normalized spacial score (nSPS) is 21.3. The number of amides is 2. The van der Waals surface area contributed by atoms with Crippen molar-refractivity contribution in [3.05, 3.63) is 0 Å². The van der Waals surface area contributed by atoms with Crippen LogP contribution in [-0.2, 0) is 9.59 Å². The molecule has 1 heterocycles. The second-order valence-electron chi connectivity index (χ2n) is 4.46. The maximum absolute atomic E-state index is 11.6. The van der Waals surface area contributed by atoms with Crippen LogP contribution >= 0.6 is 0 Å². The third kappa shape index (κ3) is 2.01. The summed E-state index contributed by atoms with van der Waals surface area (Å²) in [7, 11) is 0. The minimum atomic E-state index is -0.828. The van der Waals surface area contributed by atoms with Gasteiger partial charge in [0.1, 0.15) is 5.41 Å². The minimum Gasteiger partial charge on any atom is -0.346 e. The van der Waals surface area contributed by atoms with Gasteiger partial charge in [-0.2, -0.15) is 5.26 Å². The molecular weight excluding hydrogens is 206 g/mol. The topological polar surface area (TPSA) is 73.2 Å². The third-order valence-corrected chi connectivity index (χ3v) is 3.26. The van der Waals surface area contributed by atoms with Crippen LogP contribution in [0.25, 0.3) is 0 Å². The zero-order chi connectivity index (χ0) is 11.6. The first-order valence-electron chi connectivity index (χ1n) is 5.65. The van der Waals surface area contributed by atoms with Crippen molar-refractivity contribution < 1.29 is 9.59 Å². The second-order valence-corrected chi connectivity index (χ2v) is 4.46. The number of likely N-dealkylation sites (tertiary alicyclic amines) is 1. The average Bonchev–Trinajstić information content (AvgIpc) is 2.91. The first-order chi connectivity index (χ1) is 7.68. The van der Waals surface area contributed by atoms with Crippen LogP contribution in [0.15, 0.2) is 0 Å². The molecule has 1 N–H and O–H groups in total. The number of hydrogen-bond donors (Lipinski definition) is 1. The molecular formula is C11H15N3O2. The van der Waals surface area contributed by atoms with Crippen LogP contribution < -0.4 is 5.32 Å². The molecule has 0 aromatic heterocycles. The summed E-state index contributed by atoms with van der Waals surface area (Å²) >= 11 is 0. The lowest BCUT2D eigenvalue weighted by Gasteiger charge is -2.16. The van der Waals surface area contributed by atoms with Crippen molar-refractivity contribution in [3.63, 3.8) is 0 Å². The van der Waals surface area contributed by atoms with Crippen LogP contribution in [0.3, 0.4) is 0 Å². The molecule has 0 spiro atoms. The Balaban J connectivity index is 1.77. The van der Waals surface area contributed by atoms with Crippen LogP contribution in [0.5, 0.6) is 0 Å². The maximum Gasteiger partial charge on any atom is 0.241 e. The first kappa shape index (κ1) is 10.9. The molecule has 5 heteroatoms. The molecule has 16 heavy (non-hydrogen) atoms. The Morgan fingerprint density at radius 3 is 2.44 bits per heavy atom. The Bertz CT molecular complexity index is 349. The van der Waals surface area contributed by atoms with Gasteiger partial charge in [-0.25, -0.2) is 0 Å². The van der Waals surface area contributed by atoms with E-state index < -0.39 is 5.41 Å². The lowest BCUT2D eigenvalue weighted by molar-refractivity contribution is -0.133. The predicted octanol–water partition coefficient (Wildman–Crippen LogP) is 0.0288. The van der Waals surface area contributed by atoms with Crippen molar-refractivity contribution in [2.75, 3.05) is 19.6 Å². The summed E-state index contributed by atoms with van der Waals surface area (Å²) in [6, 6.07) is 2.01. The summed E-state index contributed by atoms with van der Waals surface area (Å²) in [6.07, 6.45) is 3.32.